The van der Waals surface area contributed by atoms with Crippen molar-refractivity contribution in [1.29, 1.82) is 0 Å². The van der Waals surface area contributed by atoms with Crippen LogP contribution >= 0.6 is 0 Å². The van der Waals surface area contributed by atoms with Crippen molar-refractivity contribution in [2.45, 2.75) is 56.8 Å². The summed E-state index contributed by atoms with van der Waals surface area (Å²) in [5.41, 5.74) is 5.30. The molecule has 0 aromatic heterocycles. The van der Waals surface area contributed by atoms with Gasteiger partial charge in [0, 0.05) is 11.6 Å². The van der Waals surface area contributed by atoms with Crippen LogP contribution in [-0.2, 0) is 21.4 Å². The molecule has 178 valence electrons. The van der Waals surface area contributed by atoms with Gasteiger partial charge in [-0.15, -0.1) is 0 Å². The van der Waals surface area contributed by atoms with E-state index in [0.717, 1.165) is 47.5 Å². The molecule has 4 aliphatic rings. The number of hydrogen-bond acceptors (Lipinski definition) is 3. The molecule has 0 spiro atoms. The Morgan fingerprint density at radius 1 is 0.941 bits per heavy atom. The summed E-state index contributed by atoms with van der Waals surface area (Å²) in [6.07, 6.45) is 15.8. The highest BCUT2D eigenvalue weighted by Gasteiger charge is 2.52. The topological polar surface area (TPSA) is 35.5 Å². The van der Waals surface area contributed by atoms with E-state index >= 15 is 0 Å². The Hall–Kier alpha value is -2.81. The lowest BCUT2D eigenvalue weighted by Crippen LogP contribution is -2.48. The maximum atomic E-state index is 11.7. The van der Waals surface area contributed by atoms with Crippen LogP contribution in [0.15, 0.2) is 66.8 Å². The average Bonchev–Trinajstić information content (AvgIpc) is 2.85. The van der Waals surface area contributed by atoms with Gasteiger partial charge in [-0.25, -0.2) is 4.79 Å². The number of hydrogen-bond donors (Lipinski definition) is 0. The van der Waals surface area contributed by atoms with Crippen molar-refractivity contribution in [1.82, 2.24) is 0 Å². The fraction of sp³-hybridized carbons (Fsp3) is 0.452. The minimum Gasteiger partial charge on any atom is -0.496 e. The van der Waals surface area contributed by atoms with Crippen molar-refractivity contribution in [2.75, 3.05) is 14.2 Å². The SMILES string of the molecule is COC(=O)C=CC(=CCCc1ccc(OC)c(C23CC4CC(CC(C4)C2)C3)c1)c1ccccc1. The van der Waals surface area contributed by atoms with Gasteiger partial charge in [-0.1, -0.05) is 48.5 Å². The zero-order valence-electron chi connectivity index (χ0n) is 20.5. The molecule has 4 aliphatic carbocycles. The van der Waals surface area contributed by atoms with Crippen LogP contribution in [0.25, 0.3) is 5.57 Å². The third-order valence-electron chi connectivity index (χ3n) is 8.38. The zero-order chi connectivity index (χ0) is 23.5. The molecule has 3 heteroatoms. The normalized spacial score (nSPS) is 27.8. The summed E-state index contributed by atoms with van der Waals surface area (Å²) in [4.78, 5) is 11.7. The molecule has 3 nitrogen and oxygen atoms in total. The van der Waals surface area contributed by atoms with Crippen LogP contribution in [0.4, 0.5) is 0 Å². The zero-order valence-corrected chi connectivity index (χ0v) is 20.5. The van der Waals surface area contributed by atoms with Gasteiger partial charge in [-0.3, -0.25) is 0 Å². The second-order valence-electron chi connectivity index (χ2n) is 10.7. The molecule has 4 fully saturated rings. The van der Waals surface area contributed by atoms with Crippen LogP contribution in [0, 0.1) is 17.8 Å². The summed E-state index contributed by atoms with van der Waals surface area (Å²) >= 11 is 0. The molecule has 2 aromatic rings. The molecule has 0 unspecified atom stereocenters. The smallest absolute Gasteiger partial charge is 0.330 e. The van der Waals surface area contributed by atoms with Crippen molar-refractivity contribution in [3.8, 4) is 5.75 Å². The van der Waals surface area contributed by atoms with Crippen LogP contribution in [0.2, 0.25) is 0 Å². The maximum absolute atomic E-state index is 11.7. The Balaban J connectivity index is 1.37. The Bertz CT molecular complexity index is 1040. The van der Waals surface area contributed by atoms with Crippen LogP contribution in [0.1, 0.15) is 61.6 Å². The first-order valence-electron chi connectivity index (χ1n) is 12.8. The minimum atomic E-state index is -0.336. The molecular weight excluding hydrogens is 420 g/mol. The van der Waals surface area contributed by atoms with Gasteiger partial charge in [0.05, 0.1) is 14.2 Å². The highest BCUT2D eigenvalue weighted by atomic mass is 16.5. The summed E-state index contributed by atoms with van der Waals surface area (Å²) < 4.78 is 10.7. The van der Waals surface area contributed by atoms with Gasteiger partial charge >= 0.3 is 5.97 Å². The quantitative estimate of drug-likeness (QED) is 0.246. The van der Waals surface area contributed by atoms with Gasteiger partial charge in [-0.2, -0.15) is 0 Å². The highest BCUT2D eigenvalue weighted by molar-refractivity contribution is 5.87. The van der Waals surface area contributed by atoms with E-state index in [2.05, 4.69) is 36.4 Å². The van der Waals surface area contributed by atoms with Crippen molar-refractivity contribution >= 4 is 11.5 Å². The van der Waals surface area contributed by atoms with Crippen molar-refractivity contribution in [3.05, 3.63) is 83.4 Å². The number of aryl methyl sites for hydroxylation is 1. The van der Waals surface area contributed by atoms with E-state index < -0.39 is 0 Å². The summed E-state index contributed by atoms with van der Waals surface area (Å²) in [5.74, 6) is 3.48. The van der Waals surface area contributed by atoms with E-state index in [1.165, 1.54) is 62.8 Å². The molecule has 4 bridgehead atoms. The second-order valence-corrected chi connectivity index (χ2v) is 10.7. The third-order valence-corrected chi connectivity index (χ3v) is 8.38. The lowest BCUT2D eigenvalue weighted by molar-refractivity contribution is -0.134. The number of ether oxygens (including phenoxy) is 2. The van der Waals surface area contributed by atoms with Crippen molar-refractivity contribution in [2.24, 2.45) is 17.8 Å². The molecule has 0 N–H and O–H groups in total. The Labute approximate surface area is 203 Å². The van der Waals surface area contributed by atoms with Crippen LogP contribution in [0.5, 0.6) is 5.75 Å². The van der Waals surface area contributed by atoms with Crippen LogP contribution < -0.4 is 4.74 Å². The second kappa shape index (κ2) is 9.82. The van der Waals surface area contributed by atoms with E-state index in [9.17, 15) is 4.79 Å². The molecule has 0 amide bonds. The van der Waals surface area contributed by atoms with Crippen molar-refractivity contribution < 1.29 is 14.3 Å². The number of carbonyl (C=O) groups is 1. The van der Waals surface area contributed by atoms with Gasteiger partial charge in [-0.05, 0) is 103 Å². The monoisotopic (exact) mass is 456 g/mol. The Morgan fingerprint density at radius 3 is 2.24 bits per heavy atom. The van der Waals surface area contributed by atoms with Gasteiger partial charge < -0.3 is 9.47 Å². The fourth-order valence-electron chi connectivity index (χ4n) is 7.30. The van der Waals surface area contributed by atoms with Gasteiger partial charge in [0.2, 0.25) is 0 Å². The number of carbonyl (C=O) groups excluding carboxylic acids is 1. The number of methoxy groups -OCH3 is 2. The minimum absolute atomic E-state index is 0.324. The molecule has 0 radical (unpaired) electrons. The van der Waals surface area contributed by atoms with E-state index in [0.29, 0.717) is 5.41 Å². The summed E-state index contributed by atoms with van der Waals surface area (Å²) in [7, 11) is 3.23. The standard InChI is InChI=1S/C31H36O3/c1-33-29-13-11-22(18-28(29)31-19-23-15-24(20-31)17-25(16-23)21-31)7-6-10-27(12-14-30(32)34-2)26-8-4-3-5-9-26/h3-5,8-14,18,23-25H,6-7,15-17,19-21H2,1-2H3. The predicted octanol–water partition coefficient (Wildman–Crippen LogP) is 6.91. The number of benzene rings is 2. The molecule has 4 saturated carbocycles. The largest absolute Gasteiger partial charge is 0.496 e. The first kappa shape index (κ1) is 23.0. The van der Waals surface area contributed by atoms with E-state index in [-0.39, 0.29) is 5.97 Å². The molecular formula is C31H36O3. The lowest BCUT2D eigenvalue weighted by atomic mass is 9.48. The summed E-state index contributed by atoms with van der Waals surface area (Å²) in [5, 5.41) is 0. The molecule has 0 heterocycles. The molecule has 0 aliphatic heterocycles. The first-order valence-corrected chi connectivity index (χ1v) is 12.8. The summed E-state index contributed by atoms with van der Waals surface area (Å²) in [6.45, 7) is 0. The molecule has 6 rings (SSSR count). The van der Waals surface area contributed by atoms with Crippen LogP contribution in [0.3, 0.4) is 0 Å². The molecule has 34 heavy (non-hydrogen) atoms. The first-order chi connectivity index (χ1) is 16.6. The lowest BCUT2D eigenvalue weighted by Gasteiger charge is -2.57. The number of allylic oxidation sites excluding steroid dienone is 3. The molecule has 2 aromatic carbocycles. The number of rotatable bonds is 8. The van der Waals surface area contributed by atoms with Crippen LogP contribution in [-0.4, -0.2) is 20.2 Å². The Morgan fingerprint density at radius 2 is 1.62 bits per heavy atom. The van der Waals surface area contributed by atoms with Gasteiger partial charge in [0.1, 0.15) is 5.75 Å². The maximum Gasteiger partial charge on any atom is 0.330 e. The summed E-state index contributed by atoms with van der Waals surface area (Å²) in [6, 6.07) is 17.1. The fourth-order valence-corrected chi connectivity index (χ4v) is 7.30. The predicted molar refractivity (Wildman–Crippen MR) is 137 cm³/mol. The molecule has 0 atom stereocenters. The van der Waals surface area contributed by atoms with E-state index in [1.54, 1.807) is 0 Å². The molecule has 0 saturated heterocycles. The average molecular weight is 457 g/mol. The van der Waals surface area contributed by atoms with E-state index in [4.69, 9.17) is 9.47 Å². The number of esters is 1. The van der Waals surface area contributed by atoms with Gasteiger partial charge in [0.25, 0.3) is 0 Å². The third kappa shape index (κ3) is 4.71. The van der Waals surface area contributed by atoms with Crippen molar-refractivity contribution in [3.63, 3.8) is 0 Å². The van der Waals surface area contributed by atoms with E-state index in [1.807, 2.05) is 31.4 Å². The van der Waals surface area contributed by atoms with Gasteiger partial charge in [0.15, 0.2) is 0 Å². The Kier molecular flexibility index (Phi) is 6.63. The highest BCUT2D eigenvalue weighted by Crippen LogP contribution is 2.61.